The summed E-state index contributed by atoms with van der Waals surface area (Å²) in [7, 11) is 2.18. The second-order valence-corrected chi connectivity index (χ2v) is 5.05. The van der Waals surface area contributed by atoms with E-state index in [1.165, 1.54) is 25.8 Å². The van der Waals surface area contributed by atoms with Gasteiger partial charge < -0.3 is 15.0 Å². The third-order valence-corrected chi connectivity index (χ3v) is 3.48. The van der Waals surface area contributed by atoms with Gasteiger partial charge in [-0.15, -0.1) is 0 Å². The summed E-state index contributed by atoms with van der Waals surface area (Å²) < 4.78 is 5.24. The minimum Gasteiger partial charge on any atom is -0.479 e. The highest BCUT2D eigenvalue weighted by molar-refractivity contribution is 5.47. The van der Waals surface area contributed by atoms with E-state index in [0.29, 0.717) is 6.04 Å². The molecule has 1 aromatic carbocycles. The van der Waals surface area contributed by atoms with Crippen molar-refractivity contribution in [1.29, 1.82) is 5.26 Å². The summed E-state index contributed by atoms with van der Waals surface area (Å²) in [4.78, 5) is 2.39. The Balaban J connectivity index is 1.86. The summed E-state index contributed by atoms with van der Waals surface area (Å²) >= 11 is 0. The van der Waals surface area contributed by atoms with Crippen molar-refractivity contribution >= 4 is 5.69 Å². The fourth-order valence-corrected chi connectivity index (χ4v) is 2.38. The largest absolute Gasteiger partial charge is 0.479 e. The Morgan fingerprint density at radius 1 is 1.32 bits per heavy atom. The standard InChI is InChI=1S/C15H21N3O/c1-18-10-2-3-13(8-11-18)17-14-4-6-15(7-5-14)19-12-9-16/h4-7,13,17H,2-3,8,10-12H2,1H3. The van der Waals surface area contributed by atoms with Gasteiger partial charge in [0.05, 0.1) is 0 Å². The highest BCUT2D eigenvalue weighted by Crippen LogP contribution is 2.19. The molecule has 0 radical (unpaired) electrons. The molecule has 2 rings (SSSR count). The Kier molecular flexibility index (Phi) is 5.05. The normalized spacial score (nSPS) is 20.3. The molecule has 1 N–H and O–H groups in total. The predicted molar refractivity (Wildman–Crippen MR) is 76.3 cm³/mol. The van der Waals surface area contributed by atoms with Crippen molar-refractivity contribution in [3.8, 4) is 11.8 Å². The highest BCUT2D eigenvalue weighted by Gasteiger charge is 2.14. The van der Waals surface area contributed by atoms with Gasteiger partial charge in [-0.25, -0.2) is 0 Å². The number of benzene rings is 1. The van der Waals surface area contributed by atoms with E-state index in [9.17, 15) is 0 Å². The summed E-state index contributed by atoms with van der Waals surface area (Å²) in [5.74, 6) is 0.743. The maximum atomic E-state index is 8.46. The molecule has 1 aliphatic rings. The molecule has 1 unspecified atom stereocenters. The first-order valence-electron chi connectivity index (χ1n) is 6.83. The number of nitrogens with zero attached hydrogens (tertiary/aromatic N) is 2. The molecule has 0 aliphatic carbocycles. The van der Waals surface area contributed by atoms with Crippen LogP contribution in [0.15, 0.2) is 24.3 Å². The van der Waals surface area contributed by atoms with Gasteiger partial charge >= 0.3 is 0 Å². The fourth-order valence-electron chi connectivity index (χ4n) is 2.38. The van der Waals surface area contributed by atoms with Crippen molar-refractivity contribution in [2.75, 3.05) is 32.1 Å². The van der Waals surface area contributed by atoms with Crippen LogP contribution in [-0.2, 0) is 0 Å². The zero-order chi connectivity index (χ0) is 13.5. The van der Waals surface area contributed by atoms with Crippen LogP contribution >= 0.6 is 0 Å². The van der Waals surface area contributed by atoms with Crippen molar-refractivity contribution in [3.05, 3.63) is 24.3 Å². The summed E-state index contributed by atoms with van der Waals surface area (Å²) in [5.41, 5.74) is 1.12. The van der Waals surface area contributed by atoms with Crippen LogP contribution in [0.1, 0.15) is 19.3 Å². The van der Waals surface area contributed by atoms with E-state index in [0.717, 1.165) is 18.0 Å². The van der Waals surface area contributed by atoms with Crippen molar-refractivity contribution in [3.63, 3.8) is 0 Å². The van der Waals surface area contributed by atoms with Crippen molar-refractivity contribution in [2.24, 2.45) is 0 Å². The number of anilines is 1. The first kappa shape index (κ1) is 13.7. The Hall–Kier alpha value is -1.73. The maximum absolute atomic E-state index is 8.46. The summed E-state index contributed by atoms with van der Waals surface area (Å²) in [6, 6.07) is 10.4. The molecular formula is C15H21N3O. The highest BCUT2D eigenvalue weighted by atomic mass is 16.5. The van der Waals surface area contributed by atoms with Gasteiger partial charge in [0.1, 0.15) is 11.8 Å². The van der Waals surface area contributed by atoms with Crippen LogP contribution in [0.2, 0.25) is 0 Å². The van der Waals surface area contributed by atoms with E-state index < -0.39 is 0 Å². The van der Waals surface area contributed by atoms with E-state index in [2.05, 4.69) is 17.3 Å². The van der Waals surface area contributed by atoms with E-state index in [4.69, 9.17) is 10.00 Å². The molecule has 102 valence electrons. The van der Waals surface area contributed by atoms with E-state index in [1.807, 2.05) is 30.3 Å². The zero-order valence-electron chi connectivity index (χ0n) is 11.4. The second-order valence-electron chi connectivity index (χ2n) is 5.05. The molecule has 4 heteroatoms. The number of rotatable bonds is 4. The molecule has 1 aliphatic heterocycles. The SMILES string of the molecule is CN1CCCC(Nc2ccc(OCC#N)cc2)CC1. The molecule has 19 heavy (non-hydrogen) atoms. The first-order valence-corrected chi connectivity index (χ1v) is 6.83. The quantitative estimate of drug-likeness (QED) is 0.902. The zero-order valence-corrected chi connectivity index (χ0v) is 11.4. The lowest BCUT2D eigenvalue weighted by molar-refractivity contribution is 0.348. The monoisotopic (exact) mass is 259 g/mol. The Labute approximate surface area is 115 Å². The van der Waals surface area contributed by atoms with Gasteiger partial charge in [0.2, 0.25) is 0 Å². The van der Waals surface area contributed by atoms with Gasteiger partial charge in [0.15, 0.2) is 6.61 Å². The predicted octanol–water partition coefficient (Wildman–Crippen LogP) is 2.49. The van der Waals surface area contributed by atoms with Gasteiger partial charge in [0, 0.05) is 11.7 Å². The molecule has 0 bridgehead atoms. The van der Waals surface area contributed by atoms with Crippen LogP contribution in [0.25, 0.3) is 0 Å². The Bertz CT molecular complexity index is 424. The molecular weight excluding hydrogens is 238 g/mol. The third-order valence-electron chi connectivity index (χ3n) is 3.48. The third kappa shape index (κ3) is 4.46. The van der Waals surface area contributed by atoms with Crippen LogP contribution in [0.3, 0.4) is 0 Å². The van der Waals surface area contributed by atoms with Crippen molar-refractivity contribution in [1.82, 2.24) is 4.90 Å². The van der Waals surface area contributed by atoms with Gasteiger partial charge in [-0.3, -0.25) is 0 Å². The van der Waals surface area contributed by atoms with Gasteiger partial charge in [-0.05, 0) is 63.7 Å². The molecule has 1 atom stereocenters. The first-order chi connectivity index (χ1) is 9.28. The minimum absolute atomic E-state index is 0.0989. The lowest BCUT2D eigenvalue weighted by Gasteiger charge is -2.18. The second kappa shape index (κ2) is 7.01. The number of ether oxygens (including phenoxy) is 1. The van der Waals surface area contributed by atoms with Gasteiger partial charge in [0.25, 0.3) is 0 Å². The van der Waals surface area contributed by atoms with E-state index >= 15 is 0 Å². The van der Waals surface area contributed by atoms with E-state index in [-0.39, 0.29) is 6.61 Å². The van der Waals surface area contributed by atoms with Crippen LogP contribution in [-0.4, -0.2) is 37.7 Å². The number of nitriles is 1. The van der Waals surface area contributed by atoms with Gasteiger partial charge in [-0.2, -0.15) is 5.26 Å². The Morgan fingerprint density at radius 2 is 2.11 bits per heavy atom. The average molecular weight is 259 g/mol. The smallest absolute Gasteiger partial charge is 0.174 e. The maximum Gasteiger partial charge on any atom is 0.174 e. The topological polar surface area (TPSA) is 48.3 Å². The summed E-state index contributed by atoms with van der Waals surface area (Å²) in [5, 5.41) is 12.0. The molecule has 4 nitrogen and oxygen atoms in total. The molecule has 1 aromatic rings. The van der Waals surface area contributed by atoms with Crippen LogP contribution < -0.4 is 10.1 Å². The molecule has 1 fully saturated rings. The average Bonchev–Trinajstić information content (AvgIpc) is 2.63. The van der Waals surface area contributed by atoms with Gasteiger partial charge in [-0.1, -0.05) is 0 Å². The molecule has 0 spiro atoms. The van der Waals surface area contributed by atoms with Crippen LogP contribution in [0, 0.1) is 11.3 Å². The molecule has 0 saturated carbocycles. The summed E-state index contributed by atoms with van der Waals surface area (Å²) in [6.45, 7) is 2.45. The number of hydrogen-bond acceptors (Lipinski definition) is 4. The number of nitrogens with one attached hydrogen (secondary N) is 1. The van der Waals surface area contributed by atoms with Crippen LogP contribution in [0.5, 0.6) is 5.75 Å². The lowest BCUT2D eigenvalue weighted by Crippen LogP contribution is -2.22. The number of hydrogen-bond donors (Lipinski definition) is 1. The molecule has 0 amide bonds. The summed E-state index contributed by atoms with van der Waals surface area (Å²) in [6.07, 6.45) is 3.65. The van der Waals surface area contributed by atoms with Crippen molar-refractivity contribution < 1.29 is 4.74 Å². The van der Waals surface area contributed by atoms with Crippen molar-refractivity contribution in [2.45, 2.75) is 25.3 Å². The number of likely N-dealkylation sites (tertiary alicyclic amines) is 1. The molecule has 1 heterocycles. The Morgan fingerprint density at radius 3 is 2.84 bits per heavy atom. The van der Waals surface area contributed by atoms with E-state index in [1.54, 1.807) is 0 Å². The van der Waals surface area contributed by atoms with Crippen LogP contribution in [0.4, 0.5) is 5.69 Å². The minimum atomic E-state index is 0.0989. The molecule has 0 aromatic heterocycles. The lowest BCUT2D eigenvalue weighted by atomic mass is 10.1. The molecule has 1 saturated heterocycles. The fraction of sp³-hybridized carbons (Fsp3) is 0.533.